The van der Waals surface area contributed by atoms with E-state index in [1.54, 1.807) is 0 Å². The minimum absolute atomic E-state index is 0.0122. The quantitative estimate of drug-likeness (QED) is 0.579. The van der Waals surface area contributed by atoms with Gasteiger partial charge in [0.25, 0.3) is 5.69 Å². The van der Waals surface area contributed by atoms with Crippen LogP contribution in [0.5, 0.6) is 5.75 Å². The number of hydrogen-bond acceptors (Lipinski definition) is 5. The molecule has 2 N–H and O–H groups in total. The monoisotopic (exact) mass is 294 g/mol. The van der Waals surface area contributed by atoms with E-state index in [0.717, 1.165) is 6.42 Å². The number of carbonyl (C=O) groups is 1. The highest BCUT2D eigenvalue weighted by molar-refractivity contribution is 5.81. The molecule has 0 heterocycles. The largest absolute Gasteiger partial charge is 0.491 e. The Morgan fingerprint density at radius 2 is 2.14 bits per heavy atom. The first-order valence-corrected chi connectivity index (χ1v) is 6.80. The standard InChI is InChI=1S/C14H18N2O5/c1-9-6-13(9)14(18)15-7-11(17)8-21-12-4-2-10(3-5-12)16(19)20/h2-5,9,11,13,17H,6-8H2,1H3,(H,15,18)/t9-,11+,13-/m0/s1. The molecular weight excluding hydrogens is 276 g/mol. The molecule has 0 aliphatic heterocycles. The Labute approximate surface area is 122 Å². The number of aliphatic hydroxyl groups excluding tert-OH is 1. The van der Waals surface area contributed by atoms with Crippen molar-refractivity contribution < 1.29 is 19.6 Å². The second-order valence-corrected chi connectivity index (χ2v) is 5.28. The van der Waals surface area contributed by atoms with Crippen LogP contribution in [0, 0.1) is 22.0 Å². The molecule has 1 aliphatic rings. The van der Waals surface area contributed by atoms with Crippen LogP contribution in [0.25, 0.3) is 0 Å². The Morgan fingerprint density at radius 1 is 1.52 bits per heavy atom. The van der Waals surface area contributed by atoms with Gasteiger partial charge >= 0.3 is 0 Å². The molecule has 0 saturated heterocycles. The number of carbonyl (C=O) groups excluding carboxylic acids is 1. The fraction of sp³-hybridized carbons (Fsp3) is 0.500. The van der Waals surface area contributed by atoms with Crippen LogP contribution in [0.4, 0.5) is 5.69 Å². The SMILES string of the molecule is C[C@H]1C[C@@H]1C(=O)NC[C@@H](O)COc1ccc([N+](=O)[O-])cc1. The lowest BCUT2D eigenvalue weighted by Crippen LogP contribution is -2.36. The zero-order valence-electron chi connectivity index (χ0n) is 11.7. The summed E-state index contributed by atoms with van der Waals surface area (Å²) in [6.07, 6.45) is 0.0829. The molecule has 114 valence electrons. The lowest BCUT2D eigenvalue weighted by Gasteiger charge is -2.13. The Hall–Kier alpha value is -2.15. The average molecular weight is 294 g/mol. The molecule has 1 fully saturated rings. The normalized spacial score (nSPS) is 21.4. The second-order valence-electron chi connectivity index (χ2n) is 5.28. The van der Waals surface area contributed by atoms with E-state index in [2.05, 4.69) is 5.32 Å². The topological polar surface area (TPSA) is 102 Å². The first-order chi connectivity index (χ1) is 9.97. The number of rotatable bonds is 7. The Morgan fingerprint density at radius 3 is 2.67 bits per heavy atom. The molecule has 1 aliphatic carbocycles. The van der Waals surface area contributed by atoms with Gasteiger partial charge in [0.2, 0.25) is 5.91 Å². The third-order valence-corrected chi connectivity index (χ3v) is 3.45. The first-order valence-electron chi connectivity index (χ1n) is 6.80. The average Bonchev–Trinajstić information content (AvgIpc) is 3.20. The third-order valence-electron chi connectivity index (χ3n) is 3.45. The van der Waals surface area contributed by atoms with Gasteiger partial charge in [0.15, 0.2) is 0 Å². The van der Waals surface area contributed by atoms with Gasteiger partial charge in [-0.25, -0.2) is 0 Å². The van der Waals surface area contributed by atoms with Gasteiger partial charge in [-0.15, -0.1) is 0 Å². The van der Waals surface area contributed by atoms with Crippen molar-refractivity contribution in [1.82, 2.24) is 5.32 Å². The van der Waals surface area contributed by atoms with Crippen LogP contribution in [0.1, 0.15) is 13.3 Å². The molecule has 0 aromatic heterocycles. The minimum Gasteiger partial charge on any atom is -0.491 e. The second kappa shape index (κ2) is 6.53. The minimum atomic E-state index is -0.821. The van der Waals surface area contributed by atoms with Crippen LogP contribution >= 0.6 is 0 Å². The molecule has 21 heavy (non-hydrogen) atoms. The van der Waals surface area contributed by atoms with Gasteiger partial charge in [0.05, 0.1) is 4.92 Å². The third kappa shape index (κ3) is 4.42. The fourth-order valence-electron chi connectivity index (χ4n) is 1.95. The van der Waals surface area contributed by atoms with E-state index in [4.69, 9.17) is 4.74 Å². The maximum Gasteiger partial charge on any atom is 0.269 e. The predicted octanol–water partition coefficient (Wildman–Crippen LogP) is 1.11. The summed E-state index contributed by atoms with van der Waals surface area (Å²) in [5.74, 6) is 0.907. The summed E-state index contributed by atoms with van der Waals surface area (Å²) in [6.45, 7) is 2.16. The number of hydrogen-bond donors (Lipinski definition) is 2. The lowest BCUT2D eigenvalue weighted by molar-refractivity contribution is -0.384. The number of non-ortho nitro benzene ring substituents is 1. The van der Waals surface area contributed by atoms with E-state index >= 15 is 0 Å². The highest BCUT2D eigenvalue weighted by Crippen LogP contribution is 2.37. The van der Waals surface area contributed by atoms with Crippen molar-refractivity contribution in [2.24, 2.45) is 11.8 Å². The number of amides is 1. The summed E-state index contributed by atoms with van der Waals surface area (Å²) in [5, 5.41) is 22.9. The van der Waals surface area contributed by atoms with Crippen LogP contribution < -0.4 is 10.1 Å². The molecule has 1 aromatic carbocycles. The number of aliphatic hydroxyl groups is 1. The fourth-order valence-corrected chi connectivity index (χ4v) is 1.95. The maximum atomic E-state index is 11.6. The first kappa shape index (κ1) is 15.2. The van der Waals surface area contributed by atoms with Crippen molar-refractivity contribution in [3.8, 4) is 5.75 Å². The molecule has 2 rings (SSSR count). The van der Waals surface area contributed by atoms with Crippen LogP contribution in [0.2, 0.25) is 0 Å². The lowest BCUT2D eigenvalue weighted by atomic mass is 10.3. The van der Waals surface area contributed by atoms with Gasteiger partial charge in [-0.2, -0.15) is 0 Å². The number of nitrogens with one attached hydrogen (secondary N) is 1. The number of ether oxygens (including phenoxy) is 1. The smallest absolute Gasteiger partial charge is 0.269 e. The van der Waals surface area contributed by atoms with Crippen molar-refractivity contribution >= 4 is 11.6 Å². The van der Waals surface area contributed by atoms with Gasteiger partial charge in [-0.3, -0.25) is 14.9 Å². The zero-order chi connectivity index (χ0) is 15.4. The molecule has 3 atom stereocenters. The summed E-state index contributed by atoms with van der Waals surface area (Å²) in [6, 6.07) is 5.60. The molecule has 1 saturated carbocycles. The van der Waals surface area contributed by atoms with E-state index in [1.807, 2.05) is 6.92 Å². The van der Waals surface area contributed by atoms with Crippen LogP contribution in [0.3, 0.4) is 0 Å². The predicted molar refractivity (Wildman–Crippen MR) is 74.9 cm³/mol. The van der Waals surface area contributed by atoms with Crippen molar-refractivity contribution in [3.63, 3.8) is 0 Å². The van der Waals surface area contributed by atoms with E-state index in [9.17, 15) is 20.0 Å². The number of benzene rings is 1. The van der Waals surface area contributed by atoms with Gasteiger partial charge in [0, 0.05) is 24.6 Å². The van der Waals surface area contributed by atoms with E-state index in [0.29, 0.717) is 11.7 Å². The molecular formula is C14H18N2O5. The summed E-state index contributed by atoms with van der Waals surface area (Å²) >= 11 is 0. The molecule has 1 aromatic rings. The summed E-state index contributed by atoms with van der Waals surface area (Å²) in [5.41, 5.74) is -0.0197. The van der Waals surface area contributed by atoms with Crippen LogP contribution in [-0.4, -0.2) is 35.2 Å². The van der Waals surface area contributed by atoms with Crippen LogP contribution in [-0.2, 0) is 4.79 Å². The Bertz CT molecular complexity index is 517. The molecule has 0 spiro atoms. The number of nitro benzene ring substituents is 1. The Balaban J connectivity index is 1.69. The molecule has 0 radical (unpaired) electrons. The van der Waals surface area contributed by atoms with Crippen LogP contribution in [0.15, 0.2) is 24.3 Å². The molecule has 0 bridgehead atoms. The van der Waals surface area contributed by atoms with Gasteiger partial charge < -0.3 is 15.2 Å². The van der Waals surface area contributed by atoms with Crippen molar-refractivity contribution in [2.45, 2.75) is 19.4 Å². The van der Waals surface area contributed by atoms with Gasteiger partial charge in [0.1, 0.15) is 18.5 Å². The molecule has 1 amide bonds. The highest BCUT2D eigenvalue weighted by atomic mass is 16.6. The number of nitro groups is 1. The van der Waals surface area contributed by atoms with Gasteiger partial charge in [-0.1, -0.05) is 6.92 Å². The summed E-state index contributed by atoms with van der Waals surface area (Å²) < 4.78 is 5.31. The van der Waals surface area contributed by atoms with E-state index in [-0.39, 0.29) is 30.7 Å². The maximum absolute atomic E-state index is 11.6. The molecule has 7 nitrogen and oxygen atoms in total. The molecule has 0 unspecified atom stereocenters. The summed E-state index contributed by atoms with van der Waals surface area (Å²) in [7, 11) is 0. The summed E-state index contributed by atoms with van der Waals surface area (Å²) in [4.78, 5) is 21.6. The van der Waals surface area contributed by atoms with Crippen molar-refractivity contribution in [3.05, 3.63) is 34.4 Å². The van der Waals surface area contributed by atoms with Gasteiger partial charge in [-0.05, 0) is 24.5 Å². The van der Waals surface area contributed by atoms with Crippen molar-refractivity contribution in [1.29, 1.82) is 0 Å². The highest BCUT2D eigenvalue weighted by Gasteiger charge is 2.38. The van der Waals surface area contributed by atoms with E-state index in [1.165, 1.54) is 24.3 Å². The number of nitrogens with zero attached hydrogens (tertiary/aromatic N) is 1. The van der Waals surface area contributed by atoms with Crippen molar-refractivity contribution in [2.75, 3.05) is 13.2 Å². The zero-order valence-corrected chi connectivity index (χ0v) is 11.7. The Kier molecular flexibility index (Phi) is 4.74. The van der Waals surface area contributed by atoms with E-state index < -0.39 is 11.0 Å². The molecule has 7 heteroatoms.